The summed E-state index contributed by atoms with van der Waals surface area (Å²) in [6, 6.07) is 3.89. The lowest BCUT2D eigenvalue weighted by Gasteiger charge is -2.34. The van der Waals surface area contributed by atoms with Crippen molar-refractivity contribution < 1.29 is 8.78 Å². The molecule has 0 aliphatic rings. The third-order valence-corrected chi connectivity index (χ3v) is 4.24. The van der Waals surface area contributed by atoms with Gasteiger partial charge in [-0.1, -0.05) is 33.6 Å². The zero-order valence-corrected chi connectivity index (χ0v) is 13.6. The topological polar surface area (TPSA) is 12.0 Å². The Balaban J connectivity index is 2.87. The molecular weight excluding hydrogens is 268 g/mol. The van der Waals surface area contributed by atoms with Gasteiger partial charge in [-0.2, -0.15) is 0 Å². The standard InChI is InChI=1S/C18H29F2N/c1-4-7-8-18(6-3,14-21-9-5-2)13-15-10-16(19)12-17(20)11-15/h10-12,21H,4-9,13-14H2,1-3H3. The van der Waals surface area contributed by atoms with E-state index in [2.05, 4.69) is 26.1 Å². The molecule has 0 saturated carbocycles. The fraction of sp³-hybridized carbons (Fsp3) is 0.667. The highest BCUT2D eigenvalue weighted by atomic mass is 19.1. The average Bonchev–Trinajstić information content (AvgIpc) is 2.43. The molecule has 0 spiro atoms. The number of benzene rings is 1. The summed E-state index contributed by atoms with van der Waals surface area (Å²) in [4.78, 5) is 0. The van der Waals surface area contributed by atoms with E-state index in [1.807, 2.05) is 0 Å². The molecule has 1 rings (SSSR count). The minimum absolute atomic E-state index is 0.0887. The molecule has 0 bridgehead atoms. The monoisotopic (exact) mass is 297 g/mol. The van der Waals surface area contributed by atoms with Gasteiger partial charge in [-0.3, -0.25) is 0 Å². The second-order valence-electron chi connectivity index (χ2n) is 6.09. The van der Waals surface area contributed by atoms with Gasteiger partial charge in [-0.25, -0.2) is 8.78 Å². The van der Waals surface area contributed by atoms with Crippen LogP contribution in [0.5, 0.6) is 0 Å². The van der Waals surface area contributed by atoms with Crippen molar-refractivity contribution in [1.82, 2.24) is 5.32 Å². The third-order valence-electron chi connectivity index (χ3n) is 4.24. The van der Waals surface area contributed by atoms with Gasteiger partial charge >= 0.3 is 0 Å². The van der Waals surface area contributed by atoms with Crippen LogP contribution < -0.4 is 5.32 Å². The smallest absolute Gasteiger partial charge is 0.126 e. The van der Waals surface area contributed by atoms with Gasteiger partial charge in [0.15, 0.2) is 0 Å². The van der Waals surface area contributed by atoms with Gasteiger partial charge < -0.3 is 5.32 Å². The molecule has 1 N–H and O–H groups in total. The number of halogens is 2. The molecule has 0 saturated heterocycles. The Hall–Kier alpha value is -0.960. The Morgan fingerprint density at radius 1 is 1.00 bits per heavy atom. The van der Waals surface area contributed by atoms with Crippen LogP contribution in [0, 0.1) is 17.0 Å². The molecular formula is C18H29F2N. The van der Waals surface area contributed by atoms with E-state index in [9.17, 15) is 8.78 Å². The number of unbranched alkanes of at least 4 members (excludes halogenated alkanes) is 1. The van der Waals surface area contributed by atoms with Gasteiger partial charge in [0.05, 0.1) is 0 Å². The van der Waals surface area contributed by atoms with E-state index in [4.69, 9.17) is 0 Å². The van der Waals surface area contributed by atoms with Crippen molar-refractivity contribution in [3.63, 3.8) is 0 Å². The van der Waals surface area contributed by atoms with Gasteiger partial charge in [-0.05, 0) is 55.3 Å². The molecule has 0 aromatic heterocycles. The van der Waals surface area contributed by atoms with Crippen LogP contribution in [0.4, 0.5) is 8.78 Å². The van der Waals surface area contributed by atoms with Gasteiger partial charge in [0, 0.05) is 12.6 Å². The molecule has 1 nitrogen and oxygen atoms in total. The van der Waals surface area contributed by atoms with Crippen molar-refractivity contribution in [1.29, 1.82) is 0 Å². The zero-order chi connectivity index (χ0) is 15.7. The molecule has 1 atom stereocenters. The molecule has 21 heavy (non-hydrogen) atoms. The largest absolute Gasteiger partial charge is 0.316 e. The van der Waals surface area contributed by atoms with Crippen LogP contribution in [-0.2, 0) is 6.42 Å². The molecule has 0 aliphatic heterocycles. The van der Waals surface area contributed by atoms with Crippen molar-refractivity contribution in [2.24, 2.45) is 5.41 Å². The summed E-state index contributed by atoms with van der Waals surface area (Å²) in [6.07, 6.45) is 6.24. The normalized spacial score (nSPS) is 14.1. The van der Waals surface area contributed by atoms with Crippen LogP contribution in [0.3, 0.4) is 0 Å². The Bertz CT molecular complexity index is 399. The van der Waals surface area contributed by atoms with E-state index in [1.165, 1.54) is 12.1 Å². The van der Waals surface area contributed by atoms with Crippen molar-refractivity contribution in [3.05, 3.63) is 35.4 Å². The SMILES string of the molecule is CCCCC(CC)(CNCCC)Cc1cc(F)cc(F)c1. The zero-order valence-electron chi connectivity index (χ0n) is 13.6. The molecule has 1 unspecified atom stereocenters. The molecule has 0 fully saturated rings. The number of hydrogen-bond acceptors (Lipinski definition) is 1. The lowest BCUT2D eigenvalue weighted by atomic mass is 9.75. The van der Waals surface area contributed by atoms with Crippen LogP contribution in [0.2, 0.25) is 0 Å². The van der Waals surface area contributed by atoms with E-state index in [0.29, 0.717) is 0 Å². The van der Waals surface area contributed by atoms with Gasteiger partial charge in [0.2, 0.25) is 0 Å². The lowest BCUT2D eigenvalue weighted by molar-refractivity contribution is 0.229. The highest BCUT2D eigenvalue weighted by Gasteiger charge is 2.27. The van der Waals surface area contributed by atoms with Crippen molar-refractivity contribution >= 4 is 0 Å². The second kappa shape index (κ2) is 9.14. The Morgan fingerprint density at radius 2 is 1.67 bits per heavy atom. The van der Waals surface area contributed by atoms with Crippen LogP contribution in [0.25, 0.3) is 0 Å². The van der Waals surface area contributed by atoms with Crippen molar-refractivity contribution in [3.8, 4) is 0 Å². The fourth-order valence-corrected chi connectivity index (χ4v) is 2.89. The summed E-state index contributed by atoms with van der Waals surface area (Å²) >= 11 is 0. The fourth-order valence-electron chi connectivity index (χ4n) is 2.89. The molecule has 1 aromatic carbocycles. The first-order valence-corrected chi connectivity index (χ1v) is 8.21. The summed E-state index contributed by atoms with van der Waals surface area (Å²) in [5.74, 6) is -0.959. The Morgan fingerprint density at radius 3 is 2.19 bits per heavy atom. The lowest BCUT2D eigenvalue weighted by Crippen LogP contribution is -2.36. The van der Waals surface area contributed by atoms with Crippen LogP contribution in [-0.4, -0.2) is 13.1 Å². The quantitative estimate of drug-likeness (QED) is 0.593. The first kappa shape index (κ1) is 18.1. The maximum absolute atomic E-state index is 13.4. The number of hydrogen-bond donors (Lipinski definition) is 1. The number of rotatable bonds is 10. The molecule has 0 heterocycles. The summed E-state index contributed by atoms with van der Waals surface area (Å²) in [6.45, 7) is 8.41. The summed E-state index contributed by atoms with van der Waals surface area (Å²) in [5, 5.41) is 3.50. The van der Waals surface area contributed by atoms with E-state index in [-0.39, 0.29) is 5.41 Å². The minimum atomic E-state index is -0.480. The first-order chi connectivity index (χ1) is 10.0. The summed E-state index contributed by atoms with van der Waals surface area (Å²) in [5.41, 5.74) is 0.856. The van der Waals surface area contributed by atoms with Crippen molar-refractivity contribution in [2.45, 2.75) is 59.3 Å². The Labute approximate surface area is 128 Å². The maximum atomic E-state index is 13.4. The van der Waals surface area contributed by atoms with E-state index >= 15 is 0 Å². The molecule has 120 valence electrons. The molecule has 0 amide bonds. The van der Waals surface area contributed by atoms with Crippen LogP contribution in [0.15, 0.2) is 18.2 Å². The van der Waals surface area contributed by atoms with E-state index in [1.54, 1.807) is 0 Å². The average molecular weight is 297 g/mol. The maximum Gasteiger partial charge on any atom is 0.126 e. The Kier molecular flexibility index (Phi) is 7.87. The summed E-state index contributed by atoms with van der Waals surface area (Å²) < 4.78 is 26.8. The summed E-state index contributed by atoms with van der Waals surface area (Å²) in [7, 11) is 0. The van der Waals surface area contributed by atoms with Gasteiger partial charge in [0.25, 0.3) is 0 Å². The highest BCUT2D eigenvalue weighted by Crippen LogP contribution is 2.33. The van der Waals surface area contributed by atoms with Gasteiger partial charge in [-0.15, -0.1) is 0 Å². The van der Waals surface area contributed by atoms with Crippen molar-refractivity contribution in [2.75, 3.05) is 13.1 Å². The first-order valence-electron chi connectivity index (χ1n) is 8.21. The minimum Gasteiger partial charge on any atom is -0.316 e. The number of nitrogens with one attached hydrogen (secondary N) is 1. The van der Waals surface area contributed by atoms with Gasteiger partial charge in [0.1, 0.15) is 11.6 Å². The highest BCUT2D eigenvalue weighted by molar-refractivity contribution is 5.19. The predicted octanol–water partition coefficient (Wildman–Crippen LogP) is 5.09. The molecule has 3 heteroatoms. The van der Waals surface area contributed by atoms with Crippen LogP contribution >= 0.6 is 0 Å². The third kappa shape index (κ3) is 6.13. The molecule has 0 aliphatic carbocycles. The van der Waals surface area contributed by atoms with Crippen LogP contribution in [0.1, 0.15) is 58.4 Å². The molecule has 0 radical (unpaired) electrons. The van der Waals surface area contributed by atoms with E-state index in [0.717, 1.165) is 63.2 Å². The van der Waals surface area contributed by atoms with E-state index < -0.39 is 11.6 Å². The molecule has 1 aromatic rings. The second-order valence-corrected chi connectivity index (χ2v) is 6.09. The predicted molar refractivity (Wildman–Crippen MR) is 85.5 cm³/mol.